The third-order valence-corrected chi connectivity index (χ3v) is 3.77. The number of halogens is 6. The van der Waals surface area contributed by atoms with Crippen molar-refractivity contribution >= 4 is 17.5 Å². The van der Waals surface area contributed by atoms with Gasteiger partial charge >= 0.3 is 12.8 Å². The van der Waals surface area contributed by atoms with Gasteiger partial charge in [-0.05, 0) is 42.5 Å². The topological polar surface area (TPSA) is 73.9 Å². The Kier molecular flexibility index (Phi) is 5.32. The van der Waals surface area contributed by atoms with E-state index in [1.807, 2.05) is 0 Å². The minimum absolute atomic E-state index is 0.00951. The summed E-state index contributed by atoms with van der Waals surface area (Å²) in [7, 11) is 0. The number of nitrogens with two attached hydrogens (primary N) is 1. The molecule has 11 heteroatoms. The summed E-state index contributed by atoms with van der Waals surface area (Å²) < 4.78 is 68.1. The largest absolute Gasteiger partial charge is 0.435 e. The smallest absolute Gasteiger partial charge is 0.416 e. The van der Waals surface area contributed by atoms with Crippen LogP contribution in [0.4, 0.5) is 27.9 Å². The highest BCUT2D eigenvalue weighted by Crippen LogP contribution is 2.37. The average molecular weight is 417 g/mol. The highest BCUT2D eigenvalue weighted by Gasteiger charge is 2.31. The van der Waals surface area contributed by atoms with Gasteiger partial charge in [-0.2, -0.15) is 22.0 Å². The second-order valence-corrected chi connectivity index (χ2v) is 5.93. The Morgan fingerprint density at radius 1 is 0.929 bits per heavy atom. The Balaban J connectivity index is 2.11. The van der Waals surface area contributed by atoms with Gasteiger partial charge in [0.05, 0.1) is 5.56 Å². The van der Waals surface area contributed by atoms with Crippen LogP contribution in [-0.4, -0.2) is 21.8 Å². The fourth-order valence-electron chi connectivity index (χ4n) is 2.42. The van der Waals surface area contributed by atoms with Gasteiger partial charge in [-0.15, -0.1) is 10.2 Å². The minimum Gasteiger partial charge on any atom is -0.435 e. The molecular weight excluding hydrogens is 407 g/mol. The molecule has 0 bridgehead atoms. The molecule has 0 aliphatic rings. The van der Waals surface area contributed by atoms with Crippen molar-refractivity contribution in [2.24, 2.45) is 0 Å². The SMILES string of the molecule is Nc1nnc(-c2cc(Cl)cc(C(F)(F)F)c2)c(-c2ccc(OC(F)F)cc2)n1. The van der Waals surface area contributed by atoms with Crippen LogP contribution in [-0.2, 0) is 6.18 Å². The predicted octanol–water partition coefficient (Wildman–Crippen LogP) is 5.06. The number of rotatable bonds is 4. The number of ether oxygens (including phenoxy) is 1. The van der Waals surface area contributed by atoms with E-state index in [1.54, 1.807) is 0 Å². The van der Waals surface area contributed by atoms with Crippen molar-refractivity contribution in [3.05, 3.63) is 53.1 Å². The average Bonchev–Trinajstić information content (AvgIpc) is 2.60. The van der Waals surface area contributed by atoms with Crippen molar-refractivity contribution < 1.29 is 26.7 Å². The van der Waals surface area contributed by atoms with E-state index in [0.29, 0.717) is 5.56 Å². The van der Waals surface area contributed by atoms with Gasteiger partial charge in [0, 0.05) is 16.1 Å². The lowest BCUT2D eigenvalue weighted by Gasteiger charge is -2.12. The molecule has 0 saturated carbocycles. The number of alkyl halides is 5. The Morgan fingerprint density at radius 2 is 1.61 bits per heavy atom. The summed E-state index contributed by atoms with van der Waals surface area (Å²) in [5, 5.41) is 7.28. The maximum absolute atomic E-state index is 13.1. The molecule has 0 saturated heterocycles. The number of nitrogen functional groups attached to an aromatic ring is 1. The van der Waals surface area contributed by atoms with Crippen LogP contribution >= 0.6 is 11.6 Å². The van der Waals surface area contributed by atoms with E-state index in [2.05, 4.69) is 19.9 Å². The summed E-state index contributed by atoms with van der Waals surface area (Å²) in [5.41, 5.74) is 5.04. The standard InChI is InChI=1S/C17H10ClF5N4O/c18-11-6-9(5-10(7-11)17(21,22)23)14-13(25-16(24)27-26-14)8-1-3-12(4-2-8)28-15(19)20/h1-7,15H,(H2,24,25,27). The fraction of sp³-hybridized carbons (Fsp3) is 0.118. The molecule has 28 heavy (non-hydrogen) atoms. The van der Waals surface area contributed by atoms with Crippen LogP contribution in [0.3, 0.4) is 0 Å². The molecule has 0 fully saturated rings. The van der Waals surface area contributed by atoms with Gasteiger partial charge in [0.1, 0.15) is 17.1 Å². The van der Waals surface area contributed by atoms with E-state index in [0.717, 1.165) is 12.1 Å². The molecule has 1 aromatic heterocycles. The summed E-state index contributed by atoms with van der Waals surface area (Å²) in [4.78, 5) is 4.02. The molecule has 0 amide bonds. The number of hydrogen-bond acceptors (Lipinski definition) is 5. The van der Waals surface area contributed by atoms with Gasteiger partial charge in [-0.3, -0.25) is 0 Å². The molecule has 0 atom stereocenters. The lowest BCUT2D eigenvalue weighted by atomic mass is 10.0. The summed E-state index contributed by atoms with van der Waals surface area (Å²) in [6.45, 7) is -3.00. The number of aromatic nitrogens is 3. The summed E-state index contributed by atoms with van der Waals surface area (Å²) in [6.07, 6.45) is -4.62. The lowest BCUT2D eigenvalue weighted by molar-refractivity contribution is -0.137. The van der Waals surface area contributed by atoms with Crippen molar-refractivity contribution in [3.63, 3.8) is 0 Å². The summed E-state index contributed by atoms with van der Waals surface area (Å²) >= 11 is 5.82. The second kappa shape index (κ2) is 7.55. The van der Waals surface area contributed by atoms with Crippen LogP contribution in [0.25, 0.3) is 22.5 Å². The summed E-state index contributed by atoms with van der Waals surface area (Å²) in [6, 6.07) is 8.19. The third-order valence-electron chi connectivity index (χ3n) is 3.55. The maximum atomic E-state index is 13.1. The maximum Gasteiger partial charge on any atom is 0.416 e. The first-order valence-corrected chi connectivity index (χ1v) is 7.95. The van der Waals surface area contributed by atoms with Crippen molar-refractivity contribution in [3.8, 4) is 28.3 Å². The number of anilines is 1. The second-order valence-electron chi connectivity index (χ2n) is 5.50. The molecule has 0 aliphatic heterocycles. The number of hydrogen-bond donors (Lipinski definition) is 1. The zero-order chi connectivity index (χ0) is 20.5. The zero-order valence-corrected chi connectivity index (χ0v) is 14.5. The molecule has 0 aliphatic carbocycles. The molecule has 3 aromatic rings. The van der Waals surface area contributed by atoms with Crippen molar-refractivity contribution in [2.45, 2.75) is 12.8 Å². The van der Waals surface area contributed by atoms with Crippen LogP contribution < -0.4 is 10.5 Å². The van der Waals surface area contributed by atoms with Gasteiger partial charge in [-0.1, -0.05) is 11.6 Å². The minimum atomic E-state index is -4.62. The van der Waals surface area contributed by atoms with Crippen molar-refractivity contribution in [1.29, 1.82) is 0 Å². The monoisotopic (exact) mass is 416 g/mol. The molecule has 0 unspecified atom stereocenters. The third kappa shape index (κ3) is 4.45. The Bertz CT molecular complexity index is 996. The highest BCUT2D eigenvalue weighted by molar-refractivity contribution is 6.31. The van der Waals surface area contributed by atoms with Crippen LogP contribution in [0.2, 0.25) is 5.02 Å². The van der Waals surface area contributed by atoms with E-state index >= 15 is 0 Å². The Hall–Kier alpha value is -3.01. The number of benzene rings is 2. The molecule has 2 aromatic carbocycles. The Morgan fingerprint density at radius 3 is 2.21 bits per heavy atom. The molecule has 0 spiro atoms. The van der Waals surface area contributed by atoms with Crippen molar-refractivity contribution in [2.75, 3.05) is 5.73 Å². The first-order chi connectivity index (χ1) is 13.1. The quantitative estimate of drug-likeness (QED) is 0.602. The highest BCUT2D eigenvalue weighted by atomic mass is 35.5. The van der Waals surface area contributed by atoms with E-state index in [4.69, 9.17) is 17.3 Å². The van der Waals surface area contributed by atoms with Crippen LogP contribution in [0.1, 0.15) is 5.56 Å². The molecular formula is C17H10ClF5N4O. The molecule has 3 rings (SSSR count). The molecule has 1 heterocycles. The van der Waals surface area contributed by atoms with Crippen LogP contribution in [0.5, 0.6) is 5.75 Å². The van der Waals surface area contributed by atoms with Crippen LogP contribution in [0.15, 0.2) is 42.5 Å². The van der Waals surface area contributed by atoms with Gasteiger partial charge in [0.2, 0.25) is 5.95 Å². The van der Waals surface area contributed by atoms with Crippen LogP contribution in [0, 0.1) is 0 Å². The molecule has 5 nitrogen and oxygen atoms in total. The van der Waals surface area contributed by atoms with E-state index < -0.39 is 18.4 Å². The molecule has 0 radical (unpaired) electrons. The molecule has 146 valence electrons. The van der Waals surface area contributed by atoms with Gasteiger partial charge in [-0.25, -0.2) is 4.98 Å². The predicted molar refractivity (Wildman–Crippen MR) is 91.8 cm³/mol. The first-order valence-electron chi connectivity index (χ1n) is 7.57. The van der Waals surface area contributed by atoms with Gasteiger partial charge in [0.15, 0.2) is 0 Å². The van der Waals surface area contributed by atoms with E-state index in [1.165, 1.54) is 30.3 Å². The summed E-state index contributed by atoms with van der Waals surface area (Å²) in [5.74, 6) is -0.317. The zero-order valence-electron chi connectivity index (χ0n) is 13.7. The van der Waals surface area contributed by atoms with E-state index in [-0.39, 0.29) is 33.7 Å². The Labute approximate surface area is 159 Å². The normalized spacial score (nSPS) is 11.7. The fourth-order valence-corrected chi connectivity index (χ4v) is 2.65. The van der Waals surface area contributed by atoms with Gasteiger partial charge < -0.3 is 10.5 Å². The molecule has 2 N–H and O–H groups in total. The van der Waals surface area contributed by atoms with Gasteiger partial charge in [0.25, 0.3) is 0 Å². The van der Waals surface area contributed by atoms with E-state index in [9.17, 15) is 22.0 Å². The van der Waals surface area contributed by atoms with Crippen molar-refractivity contribution in [1.82, 2.24) is 15.2 Å². The lowest BCUT2D eigenvalue weighted by Crippen LogP contribution is -2.06. The number of nitrogens with zero attached hydrogens (tertiary/aromatic N) is 3. The first kappa shape index (κ1) is 19.7.